The van der Waals surface area contributed by atoms with E-state index in [1.807, 2.05) is 6.92 Å². The number of hydrogen-bond acceptors (Lipinski definition) is 1. The Morgan fingerprint density at radius 2 is 1.67 bits per heavy atom. The minimum atomic E-state index is -4.08. The minimum Gasteiger partial charge on any atom is -0.309 e. The van der Waals surface area contributed by atoms with Gasteiger partial charge in [-0.15, -0.1) is 23.2 Å². The van der Waals surface area contributed by atoms with Gasteiger partial charge in [0.15, 0.2) is 0 Å². The Morgan fingerprint density at radius 1 is 1.13 bits per heavy atom. The fraction of sp³-hybridized carbons (Fsp3) is 1.00. The lowest BCUT2D eigenvalue weighted by atomic mass is 10.0. The van der Waals surface area contributed by atoms with Gasteiger partial charge in [0.2, 0.25) is 0 Å². The molecule has 0 unspecified atom stereocenters. The molecule has 0 heterocycles. The largest absolute Gasteiger partial charge is 0.389 e. The molecule has 0 bridgehead atoms. The molecule has 0 aromatic rings. The van der Waals surface area contributed by atoms with Gasteiger partial charge in [0, 0.05) is 23.7 Å². The molecule has 0 aliphatic rings. The van der Waals surface area contributed by atoms with Crippen molar-refractivity contribution in [3.05, 3.63) is 0 Å². The highest BCUT2D eigenvalue weighted by molar-refractivity contribution is 6.22. The zero-order valence-electron chi connectivity index (χ0n) is 8.63. The molecule has 0 radical (unpaired) electrons. The molecule has 0 aromatic heterocycles. The first kappa shape index (κ1) is 15.3. The number of rotatable bonds is 7. The summed E-state index contributed by atoms with van der Waals surface area (Å²) in [5.41, 5.74) is -0.436. The maximum Gasteiger partial charge on any atom is 0.389 e. The molecule has 6 heteroatoms. The number of hydrogen-bond donors (Lipinski definition) is 1. The van der Waals surface area contributed by atoms with Crippen molar-refractivity contribution < 1.29 is 13.2 Å². The second-order valence-electron chi connectivity index (χ2n) is 3.55. The van der Waals surface area contributed by atoms with E-state index >= 15 is 0 Å². The van der Waals surface area contributed by atoms with Crippen molar-refractivity contribution in [2.24, 2.45) is 0 Å². The van der Waals surface area contributed by atoms with Gasteiger partial charge < -0.3 is 5.32 Å². The van der Waals surface area contributed by atoms with E-state index in [0.717, 1.165) is 0 Å². The average Bonchev–Trinajstić information content (AvgIpc) is 2.18. The molecule has 0 saturated carbocycles. The Kier molecular flexibility index (Phi) is 6.96. The topological polar surface area (TPSA) is 12.0 Å². The molecule has 0 rings (SSSR count). The van der Waals surface area contributed by atoms with Crippen LogP contribution < -0.4 is 5.32 Å². The first-order chi connectivity index (χ1) is 6.89. The smallest absolute Gasteiger partial charge is 0.309 e. The summed E-state index contributed by atoms with van der Waals surface area (Å²) < 4.78 is 35.5. The highest BCUT2D eigenvalue weighted by Crippen LogP contribution is 2.21. The van der Waals surface area contributed by atoms with Crippen LogP contribution in [-0.2, 0) is 0 Å². The highest BCUT2D eigenvalue weighted by atomic mass is 35.5. The molecule has 0 aliphatic carbocycles. The Labute approximate surface area is 98.3 Å². The van der Waals surface area contributed by atoms with Gasteiger partial charge in [-0.05, 0) is 19.4 Å². The van der Waals surface area contributed by atoms with Gasteiger partial charge in [-0.3, -0.25) is 0 Å². The molecule has 0 spiro atoms. The van der Waals surface area contributed by atoms with E-state index < -0.39 is 18.1 Å². The lowest BCUT2D eigenvalue weighted by Crippen LogP contribution is -2.48. The second kappa shape index (κ2) is 6.81. The molecule has 0 aromatic carbocycles. The summed E-state index contributed by atoms with van der Waals surface area (Å²) >= 11 is 11.4. The van der Waals surface area contributed by atoms with Crippen molar-refractivity contribution in [3.63, 3.8) is 0 Å². The first-order valence-electron chi connectivity index (χ1n) is 4.83. The fourth-order valence-corrected chi connectivity index (χ4v) is 1.94. The third-order valence-electron chi connectivity index (χ3n) is 2.33. The maximum atomic E-state index is 11.8. The van der Waals surface area contributed by atoms with E-state index in [4.69, 9.17) is 23.2 Å². The van der Waals surface area contributed by atoms with Crippen molar-refractivity contribution >= 4 is 23.2 Å². The maximum absolute atomic E-state index is 11.8. The summed E-state index contributed by atoms with van der Waals surface area (Å²) in [4.78, 5) is 0. The van der Waals surface area contributed by atoms with E-state index in [1.165, 1.54) is 0 Å². The number of halogens is 5. The summed E-state index contributed by atoms with van der Waals surface area (Å²) in [7, 11) is 0. The van der Waals surface area contributed by atoms with Gasteiger partial charge in [-0.25, -0.2) is 0 Å². The fourth-order valence-electron chi connectivity index (χ4n) is 1.09. The summed E-state index contributed by atoms with van der Waals surface area (Å²) in [6.45, 7) is 2.19. The molecular weight excluding hydrogens is 250 g/mol. The molecule has 92 valence electrons. The van der Waals surface area contributed by atoms with Crippen molar-refractivity contribution in [2.75, 3.05) is 18.3 Å². The van der Waals surface area contributed by atoms with Crippen LogP contribution in [0.3, 0.4) is 0 Å². The quantitative estimate of drug-likeness (QED) is 0.549. The summed E-state index contributed by atoms with van der Waals surface area (Å²) in [6.07, 6.45) is -4.10. The lowest BCUT2D eigenvalue weighted by molar-refractivity contribution is -0.135. The van der Waals surface area contributed by atoms with Gasteiger partial charge >= 0.3 is 6.18 Å². The van der Waals surface area contributed by atoms with Gasteiger partial charge in [0.05, 0.1) is 0 Å². The van der Waals surface area contributed by atoms with E-state index in [-0.39, 0.29) is 13.0 Å². The third kappa shape index (κ3) is 6.48. The van der Waals surface area contributed by atoms with Gasteiger partial charge in [-0.1, -0.05) is 6.92 Å². The van der Waals surface area contributed by atoms with E-state index in [1.54, 1.807) is 0 Å². The standard InChI is InChI=1S/C9H16Cl2F3N/c1-2-8(6-10,7-11)15-5-3-4-9(12,13)14/h15H,2-7H2,1H3. The minimum absolute atomic E-state index is 0.0546. The summed E-state index contributed by atoms with van der Waals surface area (Å²) in [6, 6.07) is 0. The van der Waals surface area contributed by atoms with Gasteiger partial charge in [0.1, 0.15) is 0 Å². The van der Waals surface area contributed by atoms with E-state index in [0.29, 0.717) is 18.2 Å². The van der Waals surface area contributed by atoms with Crippen LogP contribution in [0, 0.1) is 0 Å². The molecule has 15 heavy (non-hydrogen) atoms. The van der Waals surface area contributed by atoms with Crippen molar-refractivity contribution in [1.29, 1.82) is 0 Å². The highest BCUT2D eigenvalue weighted by Gasteiger charge is 2.28. The SMILES string of the molecule is CCC(CCl)(CCl)NCCCC(F)(F)F. The predicted molar refractivity (Wildman–Crippen MR) is 57.8 cm³/mol. The lowest BCUT2D eigenvalue weighted by Gasteiger charge is -2.29. The molecule has 0 amide bonds. The summed E-state index contributed by atoms with van der Waals surface area (Å²) in [5.74, 6) is 0.609. The molecule has 0 saturated heterocycles. The second-order valence-corrected chi connectivity index (χ2v) is 4.08. The van der Waals surface area contributed by atoms with Crippen LogP contribution in [0.25, 0.3) is 0 Å². The molecule has 0 atom stereocenters. The molecule has 0 fully saturated rings. The van der Waals surface area contributed by atoms with Crippen LogP contribution in [-0.4, -0.2) is 30.0 Å². The van der Waals surface area contributed by atoms with E-state index in [2.05, 4.69) is 5.32 Å². The van der Waals surface area contributed by atoms with Gasteiger partial charge in [0.25, 0.3) is 0 Å². The monoisotopic (exact) mass is 265 g/mol. The Balaban J connectivity index is 3.82. The molecule has 0 aliphatic heterocycles. The Morgan fingerprint density at radius 3 is 2.00 bits per heavy atom. The Hall–Kier alpha value is 0.330. The first-order valence-corrected chi connectivity index (χ1v) is 5.90. The van der Waals surface area contributed by atoms with Crippen molar-refractivity contribution in [1.82, 2.24) is 5.32 Å². The van der Waals surface area contributed by atoms with Crippen molar-refractivity contribution in [3.8, 4) is 0 Å². The van der Waals surface area contributed by atoms with Crippen LogP contribution in [0.4, 0.5) is 13.2 Å². The number of nitrogens with one attached hydrogen (secondary N) is 1. The van der Waals surface area contributed by atoms with E-state index in [9.17, 15) is 13.2 Å². The molecule has 1 nitrogen and oxygen atoms in total. The van der Waals surface area contributed by atoms with Gasteiger partial charge in [-0.2, -0.15) is 13.2 Å². The average molecular weight is 266 g/mol. The molecule has 1 N–H and O–H groups in total. The molecular formula is C9H16Cl2F3N. The summed E-state index contributed by atoms with van der Waals surface area (Å²) in [5, 5.41) is 2.99. The predicted octanol–water partition coefficient (Wildman–Crippen LogP) is 3.54. The number of alkyl halides is 5. The normalized spacial score (nSPS) is 13.2. The van der Waals surface area contributed by atoms with Crippen LogP contribution in [0.1, 0.15) is 26.2 Å². The van der Waals surface area contributed by atoms with Crippen LogP contribution in [0.5, 0.6) is 0 Å². The third-order valence-corrected chi connectivity index (χ3v) is 3.35. The van der Waals surface area contributed by atoms with Crippen LogP contribution in [0.2, 0.25) is 0 Å². The zero-order chi connectivity index (χ0) is 11.9. The van der Waals surface area contributed by atoms with Crippen LogP contribution in [0.15, 0.2) is 0 Å². The van der Waals surface area contributed by atoms with Crippen LogP contribution >= 0.6 is 23.2 Å². The zero-order valence-corrected chi connectivity index (χ0v) is 10.1. The van der Waals surface area contributed by atoms with Crippen molar-refractivity contribution in [2.45, 2.75) is 37.9 Å². The Bertz CT molecular complexity index is 161.